The molecule has 0 amide bonds. The van der Waals surface area contributed by atoms with Crippen LogP contribution in [0.4, 0.5) is 0 Å². The van der Waals surface area contributed by atoms with Gasteiger partial charge in [-0.2, -0.15) is 0 Å². The summed E-state index contributed by atoms with van der Waals surface area (Å²) in [5.41, 5.74) is 4.72. The Hall–Kier alpha value is -2.55. The van der Waals surface area contributed by atoms with Crippen LogP contribution in [0.2, 0.25) is 0 Å². The summed E-state index contributed by atoms with van der Waals surface area (Å²) in [6.07, 6.45) is 0. The van der Waals surface area contributed by atoms with E-state index in [1.165, 1.54) is 10.2 Å². The lowest BCUT2D eigenvalue weighted by atomic mass is 10.0. The average molecular weight is 264 g/mol. The van der Waals surface area contributed by atoms with Gasteiger partial charge in [-0.1, -0.05) is 54.1 Å². The quantitative estimate of drug-likeness (QED) is 0.757. The third-order valence-corrected chi connectivity index (χ3v) is 3.42. The summed E-state index contributed by atoms with van der Waals surface area (Å²) >= 11 is 0. The minimum Gasteiger partial charge on any atom is -0.295 e. The number of nitrogens with one attached hydrogen (secondary N) is 1. The topological polar surface area (TPSA) is 37.8 Å². The van der Waals surface area contributed by atoms with Gasteiger partial charge in [0.15, 0.2) is 0 Å². The summed E-state index contributed by atoms with van der Waals surface area (Å²) < 4.78 is 1.53. The Morgan fingerprint density at radius 1 is 0.950 bits per heavy atom. The van der Waals surface area contributed by atoms with E-state index in [1.54, 1.807) is 7.05 Å². The number of hydrogen-bond acceptors (Lipinski definition) is 1. The number of aromatic nitrogens is 2. The van der Waals surface area contributed by atoms with Crippen LogP contribution in [0.25, 0.3) is 22.4 Å². The summed E-state index contributed by atoms with van der Waals surface area (Å²) in [5, 5.41) is 3.16. The third-order valence-electron chi connectivity index (χ3n) is 3.42. The van der Waals surface area contributed by atoms with E-state index in [-0.39, 0.29) is 5.56 Å². The van der Waals surface area contributed by atoms with Crippen LogP contribution >= 0.6 is 0 Å². The molecule has 0 saturated carbocycles. The molecule has 0 aliphatic rings. The largest absolute Gasteiger partial charge is 0.295 e. The Morgan fingerprint density at radius 2 is 1.65 bits per heavy atom. The smallest absolute Gasteiger partial charge is 0.274 e. The van der Waals surface area contributed by atoms with Crippen molar-refractivity contribution in [2.75, 3.05) is 0 Å². The number of aryl methyl sites for hydroxylation is 2. The Labute approximate surface area is 117 Å². The molecule has 0 atom stereocenters. The highest BCUT2D eigenvalue weighted by atomic mass is 16.1. The van der Waals surface area contributed by atoms with Crippen molar-refractivity contribution >= 4 is 0 Å². The molecule has 1 aromatic heterocycles. The monoisotopic (exact) mass is 264 g/mol. The van der Waals surface area contributed by atoms with Crippen molar-refractivity contribution in [3.8, 4) is 22.4 Å². The molecule has 0 aliphatic heterocycles. The van der Waals surface area contributed by atoms with Crippen molar-refractivity contribution in [1.29, 1.82) is 0 Å². The number of nitrogens with zero attached hydrogens (tertiary/aromatic N) is 1. The van der Waals surface area contributed by atoms with Gasteiger partial charge in [0.2, 0.25) is 0 Å². The fourth-order valence-corrected chi connectivity index (χ4v) is 2.43. The zero-order chi connectivity index (χ0) is 14.1. The second kappa shape index (κ2) is 4.85. The minimum absolute atomic E-state index is 0.00675. The van der Waals surface area contributed by atoms with E-state index in [9.17, 15) is 4.79 Å². The second-order valence-corrected chi connectivity index (χ2v) is 4.96. The van der Waals surface area contributed by atoms with Gasteiger partial charge in [-0.3, -0.25) is 14.6 Å². The van der Waals surface area contributed by atoms with E-state index in [0.717, 1.165) is 22.4 Å². The molecule has 1 heterocycles. The van der Waals surface area contributed by atoms with E-state index in [4.69, 9.17) is 0 Å². The SMILES string of the molecule is Cc1cccc(-c2[nH]n(C)c(=O)c2-c2ccccc2)c1. The van der Waals surface area contributed by atoms with E-state index >= 15 is 0 Å². The Balaban J connectivity index is 2.28. The van der Waals surface area contributed by atoms with Crippen LogP contribution < -0.4 is 5.56 Å². The average Bonchev–Trinajstić information content (AvgIpc) is 2.76. The van der Waals surface area contributed by atoms with E-state index in [2.05, 4.69) is 11.2 Å². The van der Waals surface area contributed by atoms with Gasteiger partial charge in [-0.25, -0.2) is 0 Å². The first kappa shape index (κ1) is 12.5. The lowest BCUT2D eigenvalue weighted by molar-refractivity contribution is 0.743. The highest BCUT2D eigenvalue weighted by Crippen LogP contribution is 2.28. The number of H-pyrrole nitrogens is 1. The van der Waals surface area contributed by atoms with Gasteiger partial charge < -0.3 is 0 Å². The van der Waals surface area contributed by atoms with Crippen LogP contribution in [0.15, 0.2) is 59.4 Å². The Kier molecular flexibility index (Phi) is 3.03. The van der Waals surface area contributed by atoms with E-state index < -0.39 is 0 Å². The first-order chi connectivity index (χ1) is 9.66. The highest BCUT2D eigenvalue weighted by molar-refractivity contribution is 5.80. The molecule has 0 fully saturated rings. The molecule has 3 aromatic rings. The van der Waals surface area contributed by atoms with Gasteiger partial charge in [0.25, 0.3) is 5.56 Å². The molecule has 0 spiro atoms. The molecule has 1 N–H and O–H groups in total. The zero-order valence-electron chi connectivity index (χ0n) is 11.6. The predicted octanol–water partition coefficient (Wildman–Crippen LogP) is 3.36. The van der Waals surface area contributed by atoms with Gasteiger partial charge in [0.1, 0.15) is 0 Å². The van der Waals surface area contributed by atoms with Crippen LogP contribution in [-0.2, 0) is 7.05 Å². The Bertz CT molecular complexity index is 797. The van der Waals surface area contributed by atoms with Gasteiger partial charge >= 0.3 is 0 Å². The maximum Gasteiger partial charge on any atom is 0.274 e. The summed E-state index contributed by atoms with van der Waals surface area (Å²) in [6.45, 7) is 2.05. The third kappa shape index (κ3) is 2.07. The summed E-state index contributed by atoms with van der Waals surface area (Å²) in [4.78, 5) is 12.4. The molecule has 3 rings (SSSR count). The van der Waals surface area contributed by atoms with Gasteiger partial charge in [0.05, 0.1) is 11.3 Å². The first-order valence-corrected chi connectivity index (χ1v) is 6.58. The normalized spacial score (nSPS) is 10.7. The van der Waals surface area contributed by atoms with E-state index in [1.807, 2.05) is 55.5 Å². The minimum atomic E-state index is -0.00675. The van der Waals surface area contributed by atoms with Crippen molar-refractivity contribution in [2.45, 2.75) is 6.92 Å². The van der Waals surface area contributed by atoms with Crippen LogP contribution in [-0.4, -0.2) is 9.78 Å². The summed E-state index contributed by atoms with van der Waals surface area (Å²) in [7, 11) is 1.74. The Morgan fingerprint density at radius 3 is 2.35 bits per heavy atom. The lowest BCUT2D eigenvalue weighted by Gasteiger charge is -2.04. The molecule has 3 nitrogen and oxygen atoms in total. The molecule has 0 unspecified atom stereocenters. The first-order valence-electron chi connectivity index (χ1n) is 6.58. The fourth-order valence-electron chi connectivity index (χ4n) is 2.43. The number of benzene rings is 2. The summed E-state index contributed by atoms with van der Waals surface area (Å²) in [6, 6.07) is 17.9. The van der Waals surface area contributed by atoms with Crippen LogP contribution in [0, 0.1) is 6.92 Å². The molecule has 20 heavy (non-hydrogen) atoms. The predicted molar refractivity (Wildman–Crippen MR) is 81.6 cm³/mol. The van der Waals surface area contributed by atoms with Crippen molar-refractivity contribution < 1.29 is 0 Å². The zero-order valence-corrected chi connectivity index (χ0v) is 11.6. The van der Waals surface area contributed by atoms with Crippen LogP contribution in [0.3, 0.4) is 0 Å². The van der Waals surface area contributed by atoms with E-state index in [0.29, 0.717) is 0 Å². The molecule has 3 heteroatoms. The van der Waals surface area contributed by atoms with Crippen LogP contribution in [0.1, 0.15) is 5.56 Å². The maximum atomic E-state index is 12.4. The van der Waals surface area contributed by atoms with Crippen molar-refractivity contribution in [3.05, 3.63) is 70.5 Å². The standard InChI is InChI=1S/C17H16N2O/c1-12-7-6-10-14(11-12)16-15(17(20)19(2)18-16)13-8-4-3-5-9-13/h3-11,18H,1-2H3. The number of hydrogen-bond donors (Lipinski definition) is 1. The summed E-state index contributed by atoms with van der Waals surface area (Å²) in [5.74, 6) is 0. The number of aromatic amines is 1. The second-order valence-electron chi connectivity index (χ2n) is 4.96. The molecule has 0 bridgehead atoms. The molecular weight excluding hydrogens is 248 g/mol. The number of rotatable bonds is 2. The molecule has 0 radical (unpaired) electrons. The molecule has 100 valence electrons. The molecular formula is C17H16N2O. The molecule has 2 aromatic carbocycles. The molecule has 0 aliphatic carbocycles. The lowest BCUT2D eigenvalue weighted by Crippen LogP contribution is -2.12. The maximum absolute atomic E-state index is 12.4. The van der Waals surface area contributed by atoms with Gasteiger partial charge in [0, 0.05) is 12.6 Å². The van der Waals surface area contributed by atoms with Gasteiger partial charge in [-0.15, -0.1) is 0 Å². The van der Waals surface area contributed by atoms with Crippen molar-refractivity contribution in [1.82, 2.24) is 9.78 Å². The molecule has 0 saturated heterocycles. The van der Waals surface area contributed by atoms with Crippen molar-refractivity contribution in [3.63, 3.8) is 0 Å². The van der Waals surface area contributed by atoms with Gasteiger partial charge in [-0.05, 0) is 18.6 Å². The van der Waals surface area contributed by atoms with Crippen molar-refractivity contribution in [2.24, 2.45) is 7.05 Å². The highest BCUT2D eigenvalue weighted by Gasteiger charge is 2.15. The van der Waals surface area contributed by atoms with Crippen LogP contribution in [0.5, 0.6) is 0 Å². The fraction of sp³-hybridized carbons (Fsp3) is 0.118.